The summed E-state index contributed by atoms with van der Waals surface area (Å²) in [6.07, 6.45) is -0.741. The van der Waals surface area contributed by atoms with E-state index in [0.717, 1.165) is 0 Å². The Morgan fingerprint density at radius 2 is 1.82 bits per heavy atom. The topological polar surface area (TPSA) is 29.5 Å². The van der Waals surface area contributed by atoms with Crippen LogP contribution in [-0.4, -0.2) is 16.6 Å². The predicted molar refractivity (Wildman–Crippen MR) is 71.2 cm³/mol. The number of carbonyl (C=O) groups is 1. The van der Waals surface area contributed by atoms with Crippen molar-refractivity contribution in [2.24, 2.45) is 0 Å². The van der Waals surface area contributed by atoms with Gasteiger partial charge in [-0.3, -0.25) is 4.90 Å². The highest BCUT2D eigenvalue weighted by Gasteiger charge is 2.28. The quantitative estimate of drug-likeness (QED) is 0.744. The molecule has 0 saturated carbocycles. The molecule has 1 amide bonds. The SMILES string of the molecule is CCN(C(=O)OC(Cl)(Cl)Cl)c1ccc(Cl)cc1. The number of hydrogen-bond acceptors (Lipinski definition) is 2. The molecular formula is C10H9Cl4NO2. The first-order valence-electron chi connectivity index (χ1n) is 4.66. The molecule has 17 heavy (non-hydrogen) atoms. The summed E-state index contributed by atoms with van der Waals surface area (Å²) in [5, 5.41) is 0.569. The fourth-order valence-electron chi connectivity index (χ4n) is 1.19. The van der Waals surface area contributed by atoms with Crippen LogP contribution in [0.4, 0.5) is 10.5 Å². The maximum absolute atomic E-state index is 11.7. The van der Waals surface area contributed by atoms with Gasteiger partial charge in [0.15, 0.2) is 0 Å². The second-order valence-corrected chi connectivity index (χ2v) is 5.65. The molecule has 0 aliphatic rings. The molecule has 0 spiro atoms. The summed E-state index contributed by atoms with van der Waals surface area (Å²) in [7, 11) is 0. The van der Waals surface area contributed by atoms with Crippen LogP contribution in [0.2, 0.25) is 5.02 Å². The first-order valence-corrected chi connectivity index (χ1v) is 6.17. The first kappa shape index (κ1) is 14.7. The van der Waals surface area contributed by atoms with Crippen molar-refractivity contribution in [3.05, 3.63) is 29.3 Å². The second kappa shape index (κ2) is 6.01. The van der Waals surface area contributed by atoms with E-state index in [1.807, 2.05) is 0 Å². The van der Waals surface area contributed by atoms with E-state index < -0.39 is 10.1 Å². The lowest BCUT2D eigenvalue weighted by atomic mass is 10.3. The number of anilines is 1. The number of ether oxygens (including phenoxy) is 1. The van der Waals surface area contributed by atoms with Gasteiger partial charge in [-0.2, -0.15) is 0 Å². The average molecular weight is 317 g/mol. The number of benzene rings is 1. The van der Waals surface area contributed by atoms with Crippen molar-refractivity contribution >= 4 is 58.2 Å². The lowest BCUT2D eigenvalue weighted by molar-refractivity contribution is 0.152. The zero-order valence-corrected chi connectivity index (χ0v) is 11.8. The maximum atomic E-state index is 11.7. The van der Waals surface area contributed by atoms with E-state index in [0.29, 0.717) is 17.3 Å². The van der Waals surface area contributed by atoms with Crippen molar-refractivity contribution in [2.45, 2.75) is 10.9 Å². The normalized spacial score (nSPS) is 11.1. The highest BCUT2D eigenvalue weighted by molar-refractivity contribution is 6.66. The Bertz CT molecular complexity index is 388. The van der Waals surface area contributed by atoms with Crippen molar-refractivity contribution in [1.82, 2.24) is 0 Å². The van der Waals surface area contributed by atoms with Crippen LogP contribution in [-0.2, 0) is 4.74 Å². The molecular weight excluding hydrogens is 308 g/mol. The number of nitrogens with zero attached hydrogens (tertiary/aromatic N) is 1. The number of halogens is 4. The van der Waals surface area contributed by atoms with Crippen LogP contribution in [0.1, 0.15) is 6.92 Å². The van der Waals surface area contributed by atoms with Gasteiger partial charge in [-0.05, 0) is 66.0 Å². The van der Waals surface area contributed by atoms with Gasteiger partial charge in [0.1, 0.15) is 0 Å². The van der Waals surface area contributed by atoms with Gasteiger partial charge >= 0.3 is 10.1 Å². The number of alkyl halides is 3. The van der Waals surface area contributed by atoms with E-state index in [-0.39, 0.29) is 0 Å². The molecule has 0 saturated heterocycles. The molecule has 94 valence electrons. The third kappa shape index (κ3) is 4.80. The summed E-state index contributed by atoms with van der Waals surface area (Å²) in [5.41, 5.74) is 0.608. The van der Waals surface area contributed by atoms with Crippen LogP contribution in [0.5, 0.6) is 0 Å². The minimum absolute atomic E-state index is 0.376. The molecule has 0 aliphatic heterocycles. The molecule has 0 aromatic heterocycles. The number of amides is 1. The Balaban J connectivity index is 2.84. The van der Waals surface area contributed by atoms with E-state index in [1.54, 1.807) is 31.2 Å². The molecule has 1 rings (SSSR count). The van der Waals surface area contributed by atoms with Gasteiger partial charge in [0.2, 0.25) is 0 Å². The number of carbonyl (C=O) groups excluding carboxylic acids is 1. The number of rotatable bonds is 2. The third-order valence-corrected chi connectivity index (χ3v) is 2.36. The monoisotopic (exact) mass is 315 g/mol. The van der Waals surface area contributed by atoms with Gasteiger partial charge < -0.3 is 4.74 Å². The molecule has 0 radical (unpaired) electrons. The van der Waals surface area contributed by atoms with E-state index in [2.05, 4.69) is 4.74 Å². The van der Waals surface area contributed by atoms with Crippen molar-refractivity contribution < 1.29 is 9.53 Å². The van der Waals surface area contributed by atoms with Gasteiger partial charge in [0.25, 0.3) is 0 Å². The summed E-state index contributed by atoms with van der Waals surface area (Å²) >= 11 is 21.9. The van der Waals surface area contributed by atoms with E-state index in [4.69, 9.17) is 46.4 Å². The smallest absolute Gasteiger partial charge is 0.398 e. The average Bonchev–Trinajstić information content (AvgIpc) is 2.19. The highest BCUT2D eigenvalue weighted by Crippen LogP contribution is 2.29. The highest BCUT2D eigenvalue weighted by atomic mass is 35.6. The van der Waals surface area contributed by atoms with Crippen LogP contribution in [0.25, 0.3) is 0 Å². The summed E-state index contributed by atoms with van der Waals surface area (Å²) in [6, 6.07) is 6.65. The van der Waals surface area contributed by atoms with E-state index >= 15 is 0 Å². The van der Waals surface area contributed by atoms with Gasteiger partial charge in [0, 0.05) is 17.3 Å². The molecule has 0 bridgehead atoms. The third-order valence-electron chi connectivity index (χ3n) is 1.88. The van der Waals surface area contributed by atoms with Crippen molar-refractivity contribution in [3.63, 3.8) is 0 Å². The molecule has 0 fully saturated rings. The standard InChI is InChI=1S/C10H9Cl4NO2/c1-2-15(9(16)17-10(12,13)14)8-5-3-7(11)4-6-8/h3-6H,2H2,1H3. The van der Waals surface area contributed by atoms with Crippen LogP contribution in [0.15, 0.2) is 24.3 Å². The molecule has 3 nitrogen and oxygen atoms in total. The Morgan fingerprint density at radius 3 is 2.24 bits per heavy atom. The predicted octanol–water partition coefficient (Wildman–Crippen LogP) is 4.63. The Morgan fingerprint density at radius 1 is 1.29 bits per heavy atom. The lowest BCUT2D eigenvalue weighted by Crippen LogP contribution is -2.34. The van der Waals surface area contributed by atoms with Crippen LogP contribution >= 0.6 is 46.4 Å². The Labute approximate surface area is 119 Å². The molecule has 1 aromatic carbocycles. The molecule has 0 heterocycles. The van der Waals surface area contributed by atoms with Crippen molar-refractivity contribution in [3.8, 4) is 0 Å². The largest absolute Gasteiger partial charge is 0.417 e. The van der Waals surface area contributed by atoms with Gasteiger partial charge in [-0.25, -0.2) is 4.79 Å². The van der Waals surface area contributed by atoms with E-state index in [9.17, 15) is 4.79 Å². The van der Waals surface area contributed by atoms with Gasteiger partial charge in [-0.15, -0.1) is 0 Å². The molecule has 0 unspecified atom stereocenters. The maximum Gasteiger partial charge on any atom is 0.417 e. The molecule has 0 atom stereocenters. The fraction of sp³-hybridized carbons (Fsp3) is 0.300. The summed E-state index contributed by atoms with van der Waals surface area (Å²) in [5.74, 6) is 0. The Hall–Kier alpha value is -0.350. The fourth-order valence-corrected chi connectivity index (χ4v) is 1.52. The molecule has 0 aliphatic carbocycles. The summed E-state index contributed by atoms with van der Waals surface area (Å²) < 4.78 is 2.55. The van der Waals surface area contributed by atoms with Crippen LogP contribution in [0.3, 0.4) is 0 Å². The molecule has 1 aromatic rings. The lowest BCUT2D eigenvalue weighted by Gasteiger charge is -2.22. The van der Waals surface area contributed by atoms with Gasteiger partial charge in [-0.1, -0.05) is 11.6 Å². The second-order valence-electron chi connectivity index (χ2n) is 3.03. The number of hydrogen-bond donors (Lipinski definition) is 0. The van der Waals surface area contributed by atoms with E-state index in [1.165, 1.54) is 4.90 Å². The van der Waals surface area contributed by atoms with Gasteiger partial charge in [0.05, 0.1) is 0 Å². The van der Waals surface area contributed by atoms with Crippen molar-refractivity contribution in [2.75, 3.05) is 11.4 Å². The first-order chi connectivity index (χ1) is 7.83. The Kier molecular flexibility index (Phi) is 5.20. The van der Waals surface area contributed by atoms with Crippen molar-refractivity contribution in [1.29, 1.82) is 0 Å². The van der Waals surface area contributed by atoms with Crippen LogP contribution < -0.4 is 4.90 Å². The summed E-state index contributed by atoms with van der Waals surface area (Å²) in [4.78, 5) is 13.0. The molecule has 7 heteroatoms. The minimum atomic E-state index is -2.07. The molecule has 0 N–H and O–H groups in total. The minimum Gasteiger partial charge on any atom is -0.398 e. The summed E-state index contributed by atoms with van der Waals surface area (Å²) in [6.45, 7) is 2.15. The zero-order chi connectivity index (χ0) is 13.1. The van der Waals surface area contributed by atoms with Crippen LogP contribution in [0, 0.1) is 0 Å². The zero-order valence-electron chi connectivity index (χ0n) is 8.79.